The third-order valence-electron chi connectivity index (χ3n) is 2.37. The molecule has 2 rings (SSSR count). The molecule has 1 atom stereocenters. The van der Waals surface area contributed by atoms with Gasteiger partial charge in [-0.05, 0) is 12.1 Å². The highest BCUT2D eigenvalue weighted by molar-refractivity contribution is 7.47. The predicted octanol–water partition coefficient (Wildman–Crippen LogP) is 4.78. The van der Waals surface area contributed by atoms with Gasteiger partial charge < -0.3 is 9.05 Å². The van der Waals surface area contributed by atoms with Crippen LogP contribution in [0.3, 0.4) is 0 Å². The van der Waals surface area contributed by atoms with Gasteiger partial charge in [-0.2, -0.15) is 8.78 Å². The van der Waals surface area contributed by atoms with Crippen LogP contribution in [0.1, 0.15) is 0 Å². The van der Waals surface area contributed by atoms with Gasteiger partial charge >= 0.3 is 0 Å². The van der Waals surface area contributed by atoms with E-state index < -0.39 is 43.2 Å². The molecular formula is C13H8F5O2P. The van der Waals surface area contributed by atoms with E-state index in [-0.39, 0.29) is 0 Å². The lowest BCUT2D eigenvalue weighted by molar-refractivity contribution is 0.347. The summed E-state index contributed by atoms with van der Waals surface area (Å²) in [6.07, 6.45) is 0. The molecule has 0 saturated heterocycles. The standard InChI is InChI=1S/C13H8F5O2P/c1-21(19-7-5-3-2-4-6-7)20-13-11(17)9(15)8(14)10(16)12(13)18/h2-6H,1H3. The molecular weight excluding hydrogens is 314 g/mol. The highest BCUT2D eigenvalue weighted by Crippen LogP contribution is 2.40. The molecule has 0 aliphatic rings. The molecule has 0 aliphatic carbocycles. The van der Waals surface area contributed by atoms with E-state index in [2.05, 4.69) is 0 Å². The van der Waals surface area contributed by atoms with Gasteiger partial charge in [-0.1, -0.05) is 18.2 Å². The van der Waals surface area contributed by atoms with Gasteiger partial charge in [-0.3, -0.25) is 0 Å². The minimum atomic E-state index is -2.23. The molecule has 2 aromatic rings. The van der Waals surface area contributed by atoms with Gasteiger partial charge in [-0.25, -0.2) is 13.2 Å². The summed E-state index contributed by atoms with van der Waals surface area (Å²) in [6, 6.07) is 8.13. The first kappa shape index (κ1) is 15.5. The topological polar surface area (TPSA) is 18.5 Å². The summed E-state index contributed by atoms with van der Waals surface area (Å²) in [5.74, 6) is -11.4. The number of para-hydroxylation sites is 1. The molecule has 0 N–H and O–H groups in total. The van der Waals surface area contributed by atoms with E-state index in [4.69, 9.17) is 9.05 Å². The average molecular weight is 322 g/mol. The summed E-state index contributed by atoms with van der Waals surface area (Å²) in [5, 5.41) is 0. The van der Waals surface area contributed by atoms with Gasteiger partial charge in [0.2, 0.25) is 34.8 Å². The zero-order valence-electron chi connectivity index (χ0n) is 10.5. The first-order chi connectivity index (χ1) is 9.91. The third kappa shape index (κ3) is 3.24. The highest BCUT2D eigenvalue weighted by Gasteiger charge is 2.28. The Morgan fingerprint density at radius 2 is 1.19 bits per heavy atom. The normalized spacial score (nSPS) is 12.1. The van der Waals surface area contributed by atoms with Crippen molar-refractivity contribution in [3.63, 3.8) is 0 Å². The maximum absolute atomic E-state index is 13.4. The lowest BCUT2D eigenvalue weighted by Crippen LogP contribution is -2.05. The average Bonchev–Trinajstić information content (AvgIpc) is 2.48. The second-order valence-electron chi connectivity index (χ2n) is 3.83. The number of benzene rings is 2. The Morgan fingerprint density at radius 1 is 0.714 bits per heavy atom. The predicted molar refractivity (Wildman–Crippen MR) is 66.8 cm³/mol. The van der Waals surface area contributed by atoms with Crippen LogP contribution in [-0.4, -0.2) is 6.66 Å². The molecule has 0 spiro atoms. The fourth-order valence-corrected chi connectivity index (χ4v) is 2.32. The van der Waals surface area contributed by atoms with Crippen molar-refractivity contribution in [3.8, 4) is 11.5 Å². The number of hydrogen-bond acceptors (Lipinski definition) is 2. The zero-order chi connectivity index (χ0) is 15.6. The van der Waals surface area contributed by atoms with E-state index in [9.17, 15) is 22.0 Å². The van der Waals surface area contributed by atoms with E-state index in [1.807, 2.05) is 0 Å². The molecule has 0 aliphatic heterocycles. The van der Waals surface area contributed by atoms with E-state index in [1.54, 1.807) is 30.3 Å². The second kappa shape index (κ2) is 6.26. The molecule has 0 fully saturated rings. The van der Waals surface area contributed by atoms with Gasteiger partial charge in [0.05, 0.1) is 0 Å². The molecule has 21 heavy (non-hydrogen) atoms. The maximum Gasteiger partial charge on any atom is 0.287 e. The first-order valence-corrected chi connectivity index (χ1v) is 7.20. The lowest BCUT2D eigenvalue weighted by atomic mass is 10.3. The van der Waals surface area contributed by atoms with Crippen molar-refractivity contribution >= 4 is 8.38 Å². The van der Waals surface area contributed by atoms with Crippen molar-refractivity contribution in [3.05, 3.63) is 59.4 Å². The quantitative estimate of drug-likeness (QED) is 0.349. The Morgan fingerprint density at radius 3 is 1.71 bits per heavy atom. The van der Waals surface area contributed by atoms with Crippen LogP contribution < -0.4 is 9.05 Å². The smallest absolute Gasteiger partial charge is 0.287 e. The summed E-state index contributed by atoms with van der Waals surface area (Å²) in [7, 11) is -1.94. The van der Waals surface area contributed by atoms with E-state index in [0.717, 1.165) is 0 Å². The van der Waals surface area contributed by atoms with Crippen LogP contribution in [0.2, 0.25) is 0 Å². The van der Waals surface area contributed by atoms with Crippen molar-refractivity contribution in [2.24, 2.45) is 0 Å². The molecule has 2 aromatic carbocycles. The van der Waals surface area contributed by atoms with Crippen LogP contribution in [0.25, 0.3) is 0 Å². The van der Waals surface area contributed by atoms with Gasteiger partial charge in [0.1, 0.15) is 5.75 Å². The number of rotatable bonds is 4. The molecule has 0 heterocycles. The van der Waals surface area contributed by atoms with Crippen molar-refractivity contribution in [1.29, 1.82) is 0 Å². The summed E-state index contributed by atoms with van der Waals surface area (Å²) in [6.45, 7) is 1.32. The summed E-state index contributed by atoms with van der Waals surface area (Å²) in [5.41, 5.74) is 0. The zero-order valence-corrected chi connectivity index (χ0v) is 11.4. The Hall–Kier alpha value is -1.88. The monoisotopic (exact) mass is 322 g/mol. The Balaban J connectivity index is 2.24. The van der Waals surface area contributed by atoms with Gasteiger partial charge in [0.25, 0.3) is 8.38 Å². The summed E-state index contributed by atoms with van der Waals surface area (Å²) in [4.78, 5) is 0. The van der Waals surface area contributed by atoms with Crippen LogP contribution in [0.4, 0.5) is 22.0 Å². The van der Waals surface area contributed by atoms with Crippen molar-refractivity contribution in [2.75, 3.05) is 6.66 Å². The number of hydrogen-bond donors (Lipinski definition) is 0. The molecule has 112 valence electrons. The van der Waals surface area contributed by atoms with Crippen molar-refractivity contribution in [1.82, 2.24) is 0 Å². The van der Waals surface area contributed by atoms with E-state index >= 15 is 0 Å². The van der Waals surface area contributed by atoms with Gasteiger partial charge in [0, 0.05) is 6.66 Å². The fourth-order valence-electron chi connectivity index (χ4n) is 1.44. The third-order valence-corrected chi connectivity index (χ3v) is 3.27. The highest BCUT2D eigenvalue weighted by atomic mass is 31.2. The van der Waals surface area contributed by atoms with E-state index in [0.29, 0.717) is 5.75 Å². The molecule has 2 nitrogen and oxygen atoms in total. The van der Waals surface area contributed by atoms with Crippen LogP contribution >= 0.6 is 8.38 Å². The van der Waals surface area contributed by atoms with Crippen molar-refractivity contribution < 1.29 is 31.0 Å². The van der Waals surface area contributed by atoms with Gasteiger partial charge in [0.15, 0.2) is 0 Å². The molecule has 0 saturated carbocycles. The molecule has 0 bridgehead atoms. The lowest BCUT2D eigenvalue weighted by Gasteiger charge is -2.16. The Bertz CT molecular complexity index is 622. The molecule has 1 unspecified atom stereocenters. The summed E-state index contributed by atoms with van der Waals surface area (Å²) < 4.78 is 75.7. The number of halogens is 5. The molecule has 8 heteroatoms. The van der Waals surface area contributed by atoms with Crippen LogP contribution in [-0.2, 0) is 0 Å². The SMILES string of the molecule is CP(Oc1ccccc1)Oc1c(F)c(F)c(F)c(F)c1F. The van der Waals surface area contributed by atoms with Crippen LogP contribution in [0.5, 0.6) is 11.5 Å². The first-order valence-electron chi connectivity index (χ1n) is 5.58. The van der Waals surface area contributed by atoms with Crippen LogP contribution in [0.15, 0.2) is 30.3 Å². The maximum atomic E-state index is 13.4. The Kier molecular flexibility index (Phi) is 4.63. The van der Waals surface area contributed by atoms with Crippen LogP contribution in [0, 0.1) is 29.1 Å². The van der Waals surface area contributed by atoms with Gasteiger partial charge in [-0.15, -0.1) is 0 Å². The largest absolute Gasteiger partial charge is 0.439 e. The molecule has 0 aromatic heterocycles. The van der Waals surface area contributed by atoms with Crippen molar-refractivity contribution in [2.45, 2.75) is 0 Å². The molecule has 0 radical (unpaired) electrons. The molecule has 0 amide bonds. The second-order valence-corrected chi connectivity index (χ2v) is 5.08. The van der Waals surface area contributed by atoms with E-state index in [1.165, 1.54) is 6.66 Å². The minimum absolute atomic E-state index is 0.343. The fraction of sp³-hybridized carbons (Fsp3) is 0.0769. The minimum Gasteiger partial charge on any atom is -0.439 e. The summed E-state index contributed by atoms with van der Waals surface area (Å²) >= 11 is 0. The Labute approximate surface area is 118 Å².